The third-order valence-corrected chi connectivity index (χ3v) is 19.0. The normalized spacial score (nSPS) is 21.4. The van der Waals surface area contributed by atoms with Gasteiger partial charge in [0.05, 0.1) is 10.0 Å². The number of nitrogens with one attached hydrogen (secondary N) is 6. The molecule has 7 aromatic carbocycles. The lowest BCUT2D eigenvalue weighted by Crippen LogP contribution is -2.57. The number of aliphatic hydroxyl groups excluding tert-OH is 1. The van der Waals surface area contributed by atoms with Crippen molar-refractivity contribution in [1.29, 1.82) is 0 Å². The molecule has 1 fully saturated rings. The van der Waals surface area contributed by atoms with Gasteiger partial charge in [-0.1, -0.05) is 92.9 Å². The van der Waals surface area contributed by atoms with Crippen LogP contribution < -0.4 is 51.8 Å². The Hall–Kier alpha value is -11.0. The van der Waals surface area contributed by atoms with Crippen LogP contribution in [0.1, 0.15) is 134 Å². The SMILES string of the molecule is CCCCCCCCCC(=O)N1CCN(C(=O)C2NC(=O)[C@H]3NC(=O)[C@H](NC(=O)[C@@H]4NC(=O)[C@H]5NC(=O)[C@@H](Cc6ccc(c(Cl)c6)Oc6cc4cc(c6O)Oc4ccc(cc4Cl)[C@H]3O)NC(=O)[C@@H](N)c3ccc(O)c(c3)Oc3cc(O)cc5c3)c3ccc(O)c(c3)-c3c(O)cc(O)cc32)CC1. The van der Waals surface area contributed by atoms with Crippen LogP contribution in [-0.2, 0) is 44.8 Å². The average molecular weight is 1420 g/mol. The summed E-state index contributed by atoms with van der Waals surface area (Å²) in [6.45, 7) is 2.27. The molecule has 7 aliphatic rings. The molecule has 17 bridgehead atoms. The first kappa shape index (κ1) is 69.9. The summed E-state index contributed by atoms with van der Waals surface area (Å²) in [7, 11) is 0. The van der Waals surface area contributed by atoms with Gasteiger partial charge in [0, 0.05) is 62.3 Å². The molecule has 1 saturated heterocycles. The van der Waals surface area contributed by atoms with Gasteiger partial charge in [-0.25, -0.2) is 0 Å². The second kappa shape index (κ2) is 29.4. The fraction of sp³-hybridized carbons (Fsp3) is 0.306. The number of piperazine rings is 1. The van der Waals surface area contributed by atoms with Crippen molar-refractivity contribution in [2.75, 3.05) is 26.2 Å². The first-order valence-electron chi connectivity index (χ1n) is 32.8. The number of halogens is 2. The van der Waals surface area contributed by atoms with Crippen LogP contribution in [0, 0.1) is 0 Å². The van der Waals surface area contributed by atoms with Crippen molar-refractivity contribution in [3.63, 3.8) is 0 Å². The Bertz CT molecular complexity index is 4490. The summed E-state index contributed by atoms with van der Waals surface area (Å²) in [6, 6.07) is 9.28. The van der Waals surface area contributed by atoms with E-state index in [0.29, 0.717) is 18.4 Å². The quantitative estimate of drug-likeness (QED) is 0.0615. The molecule has 101 heavy (non-hydrogen) atoms. The van der Waals surface area contributed by atoms with Gasteiger partial charge in [0.15, 0.2) is 23.0 Å². The predicted molar refractivity (Wildman–Crippen MR) is 363 cm³/mol. The summed E-state index contributed by atoms with van der Waals surface area (Å²) in [4.78, 5) is 124. The molecule has 0 saturated carbocycles. The maximum Gasteiger partial charge on any atom is 0.249 e. The molecule has 0 aliphatic carbocycles. The number of fused-ring (bicyclic) bond motifs is 14. The number of amides is 8. The molecule has 15 N–H and O–H groups in total. The summed E-state index contributed by atoms with van der Waals surface area (Å²) in [5.41, 5.74) is 4.98. The van der Waals surface area contributed by atoms with Crippen molar-refractivity contribution in [2.24, 2.45) is 5.73 Å². The molecule has 7 heterocycles. The van der Waals surface area contributed by atoms with E-state index in [9.17, 15) is 45.3 Å². The number of carbonyl (C=O) groups is 8. The number of rotatable bonds is 9. The largest absolute Gasteiger partial charge is 0.508 e. The monoisotopic (exact) mass is 1420 g/mol. The lowest BCUT2D eigenvalue weighted by atomic mass is 9.89. The Morgan fingerprint density at radius 2 is 1.08 bits per heavy atom. The number of aliphatic hydroxyl groups is 1. The maximum absolute atomic E-state index is 16.0. The number of hydrogen-bond donors (Lipinski definition) is 14. The molecule has 14 rings (SSSR count). The number of hydrogen-bond acceptors (Lipinski definition) is 19. The van der Waals surface area contributed by atoms with Gasteiger partial charge < -0.3 is 97.4 Å². The molecule has 526 valence electrons. The molecule has 27 nitrogen and oxygen atoms in total. The number of phenols is 6. The Balaban J connectivity index is 0.992. The van der Waals surface area contributed by atoms with Crippen molar-refractivity contribution < 1.29 is 88.3 Å². The molecule has 7 aliphatic heterocycles. The molecule has 0 spiro atoms. The Morgan fingerprint density at radius 1 is 0.505 bits per heavy atom. The number of unbranched alkanes of at least 4 members (excludes halogenated alkanes) is 6. The van der Waals surface area contributed by atoms with Crippen molar-refractivity contribution in [2.45, 2.75) is 113 Å². The minimum Gasteiger partial charge on any atom is -0.508 e. The number of phenolic OH excluding ortho intramolecular Hbond substituents is 6. The summed E-state index contributed by atoms with van der Waals surface area (Å²) in [5.74, 6) is -13.6. The highest BCUT2D eigenvalue weighted by atomic mass is 35.5. The molecule has 8 amide bonds. The van der Waals surface area contributed by atoms with Gasteiger partial charge in [0.2, 0.25) is 53.0 Å². The topological polar surface area (TPSA) is 411 Å². The van der Waals surface area contributed by atoms with Crippen LogP contribution in [0.4, 0.5) is 0 Å². The molecular weight excluding hydrogens is 1350 g/mol. The van der Waals surface area contributed by atoms with Gasteiger partial charge in [0.25, 0.3) is 0 Å². The highest BCUT2D eigenvalue weighted by molar-refractivity contribution is 6.32. The van der Waals surface area contributed by atoms with E-state index in [1.54, 1.807) is 4.90 Å². The number of carbonyl (C=O) groups excluding carboxylic acids is 8. The third kappa shape index (κ3) is 15.0. The number of nitrogens with two attached hydrogens (primary N) is 1. The van der Waals surface area contributed by atoms with E-state index in [1.807, 2.05) is 0 Å². The summed E-state index contributed by atoms with van der Waals surface area (Å²) in [6.07, 6.45) is 4.88. The first-order chi connectivity index (χ1) is 48.4. The molecule has 0 radical (unpaired) electrons. The molecule has 1 unspecified atom stereocenters. The fourth-order valence-electron chi connectivity index (χ4n) is 13.0. The minimum atomic E-state index is -2.17. The molecular formula is C72H71Cl2N9O18. The second-order valence-corrected chi connectivity index (χ2v) is 26.2. The minimum absolute atomic E-state index is 0.0383. The zero-order valence-electron chi connectivity index (χ0n) is 54.1. The summed E-state index contributed by atoms with van der Waals surface area (Å²) >= 11 is 13.9. The van der Waals surface area contributed by atoms with Gasteiger partial charge in [-0.2, -0.15) is 0 Å². The molecule has 8 atom stereocenters. The first-order valence-corrected chi connectivity index (χ1v) is 33.5. The lowest BCUT2D eigenvalue weighted by Gasteiger charge is -2.37. The van der Waals surface area contributed by atoms with Crippen LogP contribution in [-0.4, -0.2) is 131 Å². The van der Waals surface area contributed by atoms with E-state index in [4.69, 9.17) is 43.1 Å². The van der Waals surface area contributed by atoms with Gasteiger partial charge >= 0.3 is 0 Å². The van der Waals surface area contributed by atoms with Crippen molar-refractivity contribution in [1.82, 2.24) is 41.7 Å². The van der Waals surface area contributed by atoms with Crippen molar-refractivity contribution >= 4 is 70.5 Å². The van der Waals surface area contributed by atoms with Gasteiger partial charge in [-0.3, -0.25) is 38.4 Å². The molecule has 7 aromatic rings. The van der Waals surface area contributed by atoms with E-state index in [2.05, 4.69) is 38.8 Å². The summed E-state index contributed by atoms with van der Waals surface area (Å²) in [5, 5.41) is 97.5. The Morgan fingerprint density at radius 3 is 1.76 bits per heavy atom. The van der Waals surface area contributed by atoms with Gasteiger partial charge in [0.1, 0.15) is 88.6 Å². The standard InChI is InChI=1S/C72H71Cl2N9O18/c1-2-3-4-5-6-7-8-9-56(89)82-18-20-83(21-19-82)72(98)62-44-32-41(85)33-50(88)57(44)43-26-36(12-14-48(43)86)59-68(94)81-63(71(97)80-62)64(90)37-13-17-52(46(74)27-37)101-55-30-39-29-54(65(55)91)100-51-16-10-34(22-45(51)73)23-47-66(92)77-60(69(95)79-61(39)70(96)78-59)38-24-40(84)31-42(25-38)99-53-28-35(11-15-49(53)87)58(75)67(93)76-47/h10-17,22,24-33,47,58-64,84-88,90-91H,2-9,18-21,23,75H2,1H3,(H,76,93)(H,77,92)(H,78,96)(H,79,95)(H,80,97)(H,81,94)/t47-,58+,59-,60+,61-,62?,63+,64-/m1/s1. The number of ether oxygens (including phenoxy) is 3. The van der Waals surface area contributed by atoms with E-state index < -0.39 is 136 Å². The second-order valence-electron chi connectivity index (χ2n) is 25.3. The maximum atomic E-state index is 16.0. The highest BCUT2D eigenvalue weighted by Crippen LogP contribution is 2.48. The Kier molecular flexibility index (Phi) is 20.4. The van der Waals surface area contributed by atoms with Crippen molar-refractivity contribution in [3.05, 3.63) is 164 Å². The fourth-order valence-corrected chi connectivity index (χ4v) is 13.4. The summed E-state index contributed by atoms with van der Waals surface area (Å²) < 4.78 is 18.6. The van der Waals surface area contributed by atoms with Crippen LogP contribution in [0.15, 0.2) is 115 Å². The average Bonchev–Trinajstić information content (AvgIpc) is 0.764. The van der Waals surface area contributed by atoms with Crippen LogP contribution in [0.2, 0.25) is 10.0 Å². The third-order valence-electron chi connectivity index (χ3n) is 18.4. The Labute approximate surface area is 587 Å². The predicted octanol–water partition coefficient (Wildman–Crippen LogP) is 7.71. The molecule has 29 heteroatoms. The van der Waals surface area contributed by atoms with Gasteiger partial charge in [-0.15, -0.1) is 0 Å². The number of benzene rings is 7. The van der Waals surface area contributed by atoms with Crippen LogP contribution in [0.25, 0.3) is 11.1 Å². The van der Waals surface area contributed by atoms with Crippen LogP contribution in [0.5, 0.6) is 69.0 Å². The number of nitrogens with zero attached hydrogens (tertiary/aromatic N) is 2. The smallest absolute Gasteiger partial charge is 0.249 e. The number of aromatic hydroxyl groups is 6. The van der Waals surface area contributed by atoms with Crippen molar-refractivity contribution in [3.8, 4) is 80.1 Å². The van der Waals surface area contributed by atoms with Crippen LogP contribution in [0.3, 0.4) is 0 Å². The van der Waals surface area contributed by atoms with Crippen LogP contribution >= 0.6 is 23.2 Å². The van der Waals surface area contributed by atoms with Gasteiger partial charge in [-0.05, 0) is 124 Å². The van der Waals surface area contributed by atoms with E-state index >= 15 is 28.8 Å². The highest BCUT2D eigenvalue weighted by Gasteiger charge is 2.43. The zero-order valence-corrected chi connectivity index (χ0v) is 55.6. The van der Waals surface area contributed by atoms with E-state index in [-0.39, 0.29) is 116 Å². The molecule has 0 aromatic heterocycles. The zero-order chi connectivity index (χ0) is 71.7. The lowest BCUT2D eigenvalue weighted by molar-refractivity contribution is -0.143. The van der Waals surface area contributed by atoms with E-state index in [1.165, 1.54) is 71.6 Å². The van der Waals surface area contributed by atoms with E-state index in [0.717, 1.165) is 87.1 Å².